The predicted octanol–water partition coefficient (Wildman–Crippen LogP) is 5.84. The number of nitrogens with one attached hydrogen (secondary N) is 1. The maximum absolute atomic E-state index is 12.1. The van der Waals surface area contributed by atoms with Crippen LogP contribution in [0, 0.1) is 13.8 Å². The Labute approximate surface area is 199 Å². The zero-order valence-electron chi connectivity index (χ0n) is 18.9. The Bertz CT molecular complexity index is 1070. The Hall–Kier alpha value is -2.70. The highest BCUT2D eigenvalue weighted by Crippen LogP contribution is 2.23. The van der Waals surface area contributed by atoms with Crippen molar-refractivity contribution in [3.05, 3.63) is 76.6 Å². The fourth-order valence-electron chi connectivity index (χ4n) is 3.60. The first-order valence-electron chi connectivity index (χ1n) is 10.7. The van der Waals surface area contributed by atoms with Crippen LogP contribution in [0.25, 0.3) is 5.69 Å². The van der Waals surface area contributed by atoms with Crippen LogP contribution in [0.4, 0.5) is 5.69 Å². The number of aryl methyl sites for hydroxylation is 1. The van der Waals surface area contributed by atoms with Gasteiger partial charge in [0.05, 0.1) is 12.0 Å². The van der Waals surface area contributed by atoms with Crippen LogP contribution in [0.3, 0.4) is 0 Å². The maximum Gasteiger partial charge on any atom is 0.250 e. The van der Waals surface area contributed by atoms with E-state index in [1.54, 1.807) is 6.21 Å². The molecule has 1 aromatic heterocycles. The van der Waals surface area contributed by atoms with Gasteiger partial charge in [-0.25, -0.2) is 5.43 Å². The summed E-state index contributed by atoms with van der Waals surface area (Å²) in [6.45, 7) is 10.4. The largest absolute Gasteiger partial charge is 0.372 e. The van der Waals surface area contributed by atoms with E-state index < -0.39 is 0 Å². The molecule has 1 amide bonds. The normalized spacial score (nSPS) is 11.2. The molecule has 5 nitrogen and oxygen atoms in total. The zero-order chi connectivity index (χ0) is 23.1. The van der Waals surface area contributed by atoms with Crippen molar-refractivity contribution in [2.24, 2.45) is 5.10 Å². The molecule has 0 radical (unpaired) electrons. The van der Waals surface area contributed by atoms with Crippen molar-refractivity contribution in [1.82, 2.24) is 9.99 Å². The number of halogens is 1. The van der Waals surface area contributed by atoms with Gasteiger partial charge in [0.15, 0.2) is 0 Å². The highest BCUT2D eigenvalue weighted by molar-refractivity contribution is 8.00. The van der Waals surface area contributed by atoms with Crippen molar-refractivity contribution >= 4 is 41.2 Å². The Morgan fingerprint density at radius 1 is 1.09 bits per heavy atom. The van der Waals surface area contributed by atoms with Crippen molar-refractivity contribution in [3.63, 3.8) is 0 Å². The van der Waals surface area contributed by atoms with Crippen molar-refractivity contribution in [3.8, 4) is 5.69 Å². The molecule has 0 spiro atoms. The van der Waals surface area contributed by atoms with E-state index in [1.165, 1.54) is 17.4 Å². The minimum atomic E-state index is -0.151. The molecule has 0 bridgehead atoms. The highest BCUT2D eigenvalue weighted by Gasteiger charge is 2.10. The number of anilines is 1. The van der Waals surface area contributed by atoms with Crippen LogP contribution in [0.15, 0.2) is 64.6 Å². The number of thioether (sulfide) groups is 1. The Balaban J connectivity index is 1.63. The van der Waals surface area contributed by atoms with Crippen LogP contribution in [-0.4, -0.2) is 35.5 Å². The van der Waals surface area contributed by atoms with E-state index in [2.05, 4.69) is 78.0 Å². The van der Waals surface area contributed by atoms with Gasteiger partial charge in [0.25, 0.3) is 0 Å². The summed E-state index contributed by atoms with van der Waals surface area (Å²) < 4.78 is 2.20. The summed E-state index contributed by atoms with van der Waals surface area (Å²) in [5.74, 6) is 0.138. The van der Waals surface area contributed by atoms with E-state index >= 15 is 0 Å². The molecule has 32 heavy (non-hydrogen) atoms. The lowest BCUT2D eigenvalue weighted by Crippen LogP contribution is -2.21. The maximum atomic E-state index is 12.1. The summed E-state index contributed by atoms with van der Waals surface area (Å²) in [7, 11) is 0. The monoisotopic (exact) mass is 468 g/mol. The third-order valence-electron chi connectivity index (χ3n) is 5.28. The fourth-order valence-corrected chi connectivity index (χ4v) is 4.42. The van der Waals surface area contributed by atoms with Crippen LogP contribution >= 0.6 is 23.4 Å². The van der Waals surface area contributed by atoms with Crippen molar-refractivity contribution in [2.45, 2.75) is 32.6 Å². The number of carbonyl (C=O) groups is 1. The molecule has 0 aliphatic heterocycles. The lowest BCUT2D eigenvalue weighted by molar-refractivity contribution is -0.118. The molecule has 0 atom stereocenters. The molecule has 2 aromatic carbocycles. The van der Waals surface area contributed by atoms with Gasteiger partial charge in [-0.1, -0.05) is 11.6 Å². The van der Waals surface area contributed by atoms with Gasteiger partial charge >= 0.3 is 0 Å². The van der Waals surface area contributed by atoms with Gasteiger partial charge in [0.1, 0.15) is 0 Å². The molecule has 168 valence electrons. The van der Waals surface area contributed by atoms with Gasteiger partial charge in [0.2, 0.25) is 5.91 Å². The first-order chi connectivity index (χ1) is 15.4. The van der Waals surface area contributed by atoms with E-state index in [4.69, 9.17) is 11.6 Å². The molecule has 0 saturated heterocycles. The third kappa shape index (κ3) is 5.96. The SMILES string of the molecule is CCN(CC)c1ccc(-n2c(C)cc(/C=N\NC(=O)CSc3ccc(Cl)cc3)c2C)cc1. The average molecular weight is 469 g/mol. The highest BCUT2D eigenvalue weighted by atomic mass is 35.5. The van der Waals surface area contributed by atoms with Crippen LogP contribution in [0.1, 0.15) is 30.8 Å². The predicted molar refractivity (Wildman–Crippen MR) is 137 cm³/mol. The van der Waals surface area contributed by atoms with Crippen molar-refractivity contribution < 1.29 is 4.79 Å². The molecular weight excluding hydrogens is 440 g/mol. The number of hydrogen-bond acceptors (Lipinski definition) is 4. The number of rotatable bonds is 9. The molecule has 0 aliphatic rings. The van der Waals surface area contributed by atoms with E-state index in [0.717, 1.165) is 40.6 Å². The minimum Gasteiger partial charge on any atom is -0.372 e. The summed E-state index contributed by atoms with van der Waals surface area (Å²) in [5.41, 5.74) is 8.11. The summed E-state index contributed by atoms with van der Waals surface area (Å²) in [6.07, 6.45) is 1.70. The molecule has 0 unspecified atom stereocenters. The Morgan fingerprint density at radius 3 is 2.38 bits per heavy atom. The molecule has 7 heteroatoms. The molecule has 3 rings (SSSR count). The molecule has 1 heterocycles. The summed E-state index contributed by atoms with van der Waals surface area (Å²) in [6, 6.07) is 18.1. The lowest BCUT2D eigenvalue weighted by Gasteiger charge is -2.21. The van der Waals surface area contributed by atoms with Crippen LogP contribution in [0.5, 0.6) is 0 Å². The molecule has 0 fully saturated rings. The Morgan fingerprint density at radius 2 is 1.75 bits per heavy atom. The van der Waals surface area contributed by atoms with Crippen LogP contribution in [0.2, 0.25) is 5.02 Å². The molecule has 3 aromatic rings. The van der Waals surface area contributed by atoms with E-state index in [0.29, 0.717) is 5.02 Å². The summed E-state index contributed by atoms with van der Waals surface area (Å²) in [4.78, 5) is 15.4. The second kappa shape index (κ2) is 11.2. The quantitative estimate of drug-likeness (QED) is 0.244. The second-order valence-corrected chi connectivity index (χ2v) is 8.87. The minimum absolute atomic E-state index is 0.151. The fraction of sp³-hybridized carbons (Fsp3) is 0.280. The van der Waals surface area contributed by atoms with E-state index in [1.807, 2.05) is 24.3 Å². The zero-order valence-corrected chi connectivity index (χ0v) is 20.5. The van der Waals surface area contributed by atoms with Crippen LogP contribution < -0.4 is 10.3 Å². The number of benzene rings is 2. The molecule has 1 N–H and O–H groups in total. The lowest BCUT2D eigenvalue weighted by atomic mass is 10.2. The molecular formula is C25H29ClN4OS. The average Bonchev–Trinajstić information content (AvgIpc) is 3.08. The number of aromatic nitrogens is 1. The second-order valence-electron chi connectivity index (χ2n) is 7.39. The van der Waals surface area contributed by atoms with Gasteiger partial charge in [-0.05, 0) is 82.3 Å². The number of hydrogen-bond donors (Lipinski definition) is 1. The summed E-state index contributed by atoms with van der Waals surface area (Å²) in [5, 5.41) is 4.84. The smallest absolute Gasteiger partial charge is 0.250 e. The van der Waals surface area contributed by atoms with Gasteiger partial charge in [0, 0.05) is 51.3 Å². The molecule has 0 saturated carbocycles. The number of hydrazone groups is 1. The van der Waals surface area contributed by atoms with Crippen LogP contribution in [-0.2, 0) is 4.79 Å². The number of carbonyl (C=O) groups excluding carboxylic acids is 1. The first-order valence-corrected chi connectivity index (χ1v) is 12.0. The van der Waals surface area contributed by atoms with Gasteiger partial charge in [-0.2, -0.15) is 5.10 Å². The van der Waals surface area contributed by atoms with Crippen molar-refractivity contribution in [2.75, 3.05) is 23.7 Å². The van der Waals surface area contributed by atoms with E-state index in [9.17, 15) is 4.79 Å². The van der Waals surface area contributed by atoms with Gasteiger partial charge in [-0.15, -0.1) is 11.8 Å². The molecule has 0 aliphatic carbocycles. The van der Waals surface area contributed by atoms with Gasteiger partial charge < -0.3 is 9.47 Å². The van der Waals surface area contributed by atoms with E-state index in [-0.39, 0.29) is 11.7 Å². The first kappa shape index (κ1) is 24.0. The number of amides is 1. The Kier molecular flexibility index (Phi) is 8.42. The number of nitrogens with zero attached hydrogens (tertiary/aromatic N) is 3. The van der Waals surface area contributed by atoms with Gasteiger partial charge in [-0.3, -0.25) is 4.79 Å². The standard InChI is InChI=1S/C25H29ClN4OS/c1-5-29(6-2)22-9-11-23(12-10-22)30-18(3)15-20(19(30)4)16-27-28-25(31)17-32-24-13-7-21(26)8-14-24/h7-16H,5-6,17H2,1-4H3,(H,28,31)/b27-16-. The third-order valence-corrected chi connectivity index (χ3v) is 6.55. The van der Waals surface area contributed by atoms with Crippen molar-refractivity contribution in [1.29, 1.82) is 0 Å². The topological polar surface area (TPSA) is 49.6 Å². The summed E-state index contributed by atoms with van der Waals surface area (Å²) >= 11 is 7.33.